The first kappa shape index (κ1) is 21.1. The summed E-state index contributed by atoms with van der Waals surface area (Å²) in [7, 11) is -2.45. The molecule has 0 atom stereocenters. The lowest BCUT2D eigenvalue weighted by atomic mass is 10.2. The van der Waals surface area contributed by atoms with Crippen LogP contribution in [0.4, 0.5) is 10.8 Å². The number of methoxy groups -OCH3 is 1. The lowest BCUT2D eigenvalue weighted by Gasteiger charge is -2.11. The van der Waals surface area contributed by atoms with E-state index in [0.717, 1.165) is 16.2 Å². The highest BCUT2D eigenvalue weighted by molar-refractivity contribution is 7.94. The van der Waals surface area contributed by atoms with Gasteiger partial charge in [0.1, 0.15) is 5.69 Å². The summed E-state index contributed by atoms with van der Waals surface area (Å²) < 4.78 is 33.6. The van der Waals surface area contributed by atoms with Crippen LogP contribution in [-0.2, 0) is 14.8 Å². The number of rotatable bonds is 6. The summed E-state index contributed by atoms with van der Waals surface area (Å²) >= 11 is 2.37. The van der Waals surface area contributed by atoms with Crippen LogP contribution in [0.3, 0.4) is 0 Å². The maximum Gasteiger partial charge on any atom is 0.273 e. The zero-order valence-corrected chi connectivity index (χ0v) is 18.8. The molecular weight excluding hydrogens is 434 g/mol. The van der Waals surface area contributed by atoms with Crippen molar-refractivity contribution in [2.24, 2.45) is 0 Å². The quantitative estimate of drug-likeness (QED) is 0.586. The molecule has 3 heterocycles. The molecule has 2 N–H and O–H groups in total. The molecule has 0 unspecified atom stereocenters. The van der Waals surface area contributed by atoms with Crippen LogP contribution in [0, 0.1) is 20.8 Å². The van der Waals surface area contributed by atoms with Crippen LogP contribution in [0.5, 0.6) is 5.88 Å². The van der Waals surface area contributed by atoms with E-state index in [1.54, 1.807) is 33.0 Å². The van der Waals surface area contributed by atoms with Crippen molar-refractivity contribution in [3.05, 3.63) is 28.7 Å². The number of carbonyl (C=O) groups excluding carboxylic acids is 1. The second-order valence-corrected chi connectivity index (χ2v) is 10.2. The summed E-state index contributed by atoms with van der Waals surface area (Å²) in [4.78, 5) is 24.7. The number of nitrogens with zero attached hydrogens (tertiary/aromatic N) is 3. The van der Waals surface area contributed by atoms with Crippen LogP contribution in [0.2, 0.25) is 0 Å². The van der Waals surface area contributed by atoms with E-state index in [2.05, 4.69) is 25.0 Å². The minimum Gasteiger partial charge on any atom is -0.480 e. The van der Waals surface area contributed by atoms with E-state index in [4.69, 9.17) is 4.74 Å². The first-order chi connectivity index (χ1) is 13.6. The number of amides is 1. The Morgan fingerprint density at radius 1 is 1.14 bits per heavy atom. The van der Waals surface area contributed by atoms with Gasteiger partial charge < -0.3 is 10.1 Å². The van der Waals surface area contributed by atoms with Gasteiger partial charge in [0.05, 0.1) is 28.4 Å². The van der Waals surface area contributed by atoms with Crippen molar-refractivity contribution in [2.45, 2.75) is 31.9 Å². The van der Waals surface area contributed by atoms with E-state index < -0.39 is 10.0 Å². The smallest absolute Gasteiger partial charge is 0.273 e. The number of pyridine rings is 1. The average Bonchev–Trinajstić information content (AvgIpc) is 3.15. The summed E-state index contributed by atoms with van der Waals surface area (Å²) in [5.74, 6) is -0.0812. The molecule has 0 aliphatic rings. The zero-order valence-electron chi connectivity index (χ0n) is 16.4. The molecule has 3 aromatic rings. The Morgan fingerprint density at radius 2 is 1.86 bits per heavy atom. The molecule has 0 radical (unpaired) electrons. The summed E-state index contributed by atoms with van der Waals surface area (Å²) in [6.07, 6.45) is 1.57. The van der Waals surface area contributed by atoms with Crippen LogP contribution in [0.25, 0.3) is 10.4 Å². The third kappa shape index (κ3) is 4.54. The molecule has 12 heteroatoms. The molecule has 29 heavy (non-hydrogen) atoms. The lowest BCUT2D eigenvalue weighted by molar-refractivity contribution is -0.114. The third-order valence-electron chi connectivity index (χ3n) is 3.74. The van der Waals surface area contributed by atoms with Crippen molar-refractivity contribution < 1.29 is 17.9 Å². The molecule has 3 rings (SSSR count). The monoisotopic (exact) mass is 453 g/mol. The summed E-state index contributed by atoms with van der Waals surface area (Å²) in [6, 6.07) is 1.63. The second kappa shape index (κ2) is 8.05. The molecule has 9 nitrogen and oxygen atoms in total. The molecule has 0 spiro atoms. The predicted molar refractivity (Wildman–Crippen MR) is 113 cm³/mol. The number of aryl methyl sites for hydroxylation is 3. The third-order valence-corrected chi connectivity index (χ3v) is 7.91. The van der Waals surface area contributed by atoms with Crippen LogP contribution >= 0.6 is 22.7 Å². The van der Waals surface area contributed by atoms with E-state index >= 15 is 0 Å². The van der Waals surface area contributed by atoms with Crippen molar-refractivity contribution >= 4 is 49.4 Å². The van der Waals surface area contributed by atoms with E-state index in [-0.39, 0.29) is 21.7 Å². The van der Waals surface area contributed by atoms with Gasteiger partial charge in [0.15, 0.2) is 9.34 Å². The topological polar surface area (TPSA) is 123 Å². The first-order valence-corrected chi connectivity index (χ1v) is 11.5. The standard InChI is InChI=1S/C17H19N5O4S3/c1-8-14(28-17(20-8)21-10(3)23)12-6-13(15(26-5)18-7-12)22-29(24,25)16-9(2)19-11(4)27-16/h6-7,22H,1-5H3,(H,20,21,23). The molecule has 0 bridgehead atoms. The Morgan fingerprint density at radius 3 is 2.45 bits per heavy atom. The minimum absolute atomic E-state index is 0.139. The first-order valence-electron chi connectivity index (χ1n) is 8.37. The van der Waals surface area contributed by atoms with Gasteiger partial charge in [-0.1, -0.05) is 11.3 Å². The second-order valence-electron chi connectivity index (χ2n) is 6.11. The van der Waals surface area contributed by atoms with Gasteiger partial charge in [-0.15, -0.1) is 11.3 Å². The SMILES string of the molecule is COc1ncc(-c2sc(NC(C)=O)nc2C)cc1NS(=O)(=O)c1sc(C)nc1C. The molecular formula is C17H19N5O4S3. The van der Waals surface area contributed by atoms with E-state index in [1.807, 2.05) is 0 Å². The Hall–Kier alpha value is -2.57. The molecule has 0 aliphatic carbocycles. The Bertz CT molecular complexity index is 1180. The van der Waals surface area contributed by atoms with E-state index in [9.17, 15) is 13.2 Å². The van der Waals surface area contributed by atoms with Crippen molar-refractivity contribution in [3.8, 4) is 16.3 Å². The molecule has 154 valence electrons. The molecule has 0 aromatic carbocycles. The van der Waals surface area contributed by atoms with Gasteiger partial charge in [-0.2, -0.15) is 0 Å². The summed E-state index contributed by atoms with van der Waals surface area (Å²) in [5, 5.41) is 3.76. The Labute approximate surface area is 176 Å². The molecule has 0 aliphatic heterocycles. The normalized spacial score (nSPS) is 11.3. The highest BCUT2D eigenvalue weighted by Crippen LogP contribution is 2.36. The minimum atomic E-state index is -3.86. The maximum atomic E-state index is 12.9. The van der Waals surface area contributed by atoms with Gasteiger partial charge in [0, 0.05) is 18.7 Å². The van der Waals surface area contributed by atoms with Crippen molar-refractivity contribution in [3.63, 3.8) is 0 Å². The van der Waals surface area contributed by atoms with E-state index in [0.29, 0.717) is 27.1 Å². The molecule has 0 fully saturated rings. The Kier molecular flexibility index (Phi) is 5.87. The van der Waals surface area contributed by atoms with Gasteiger partial charge in [-0.3, -0.25) is 9.52 Å². The fourth-order valence-corrected chi connectivity index (χ4v) is 6.16. The number of carbonyl (C=O) groups is 1. The number of anilines is 2. The average molecular weight is 454 g/mol. The van der Waals surface area contributed by atoms with E-state index in [1.165, 1.54) is 25.4 Å². The molecule has 0 saturated heterocycles. The number of hydrogen-bond donors (Lipinski definition) is 2. The fraction of sp³-hybridized carbons (Fsp3) is 0.294. The van der Waals surface area contributed by atoms with Crippen LogP contribution < -0.4 is 14.8 Å². The van der Waals surface area contributed by atoms with Crippen molar-refractivity contribution in [2.75, 3.05) is 17.1 Å². The summed E-state index contributed by atoms with van der Waals surface area (Å²) in [6.45, 7) is 6.60. The largest absolute Gasteiger partial charge is 0.480 e. The number of ether oxygens (including phenoxy) is 1. The van der Waals surface area contributed by atoms with Crippen LogP contribution in [-0.4, -0.2) is 36.4 Å². The highest BCUT2D eigenvalue weighted by Gasteiger charge is 2.23. The van der Waals surface area contributed by atoms with Crippen LogP contribution in [0.15, 0.2) is 16.5 Å². The number of nitrogens with one attached hydrogen (secondary N) is 2. The highest BCUT2D eigenvalue weighted by atomic mass is 32.2. The predicted octanol–water partition coefficient (Wildman–Crippen LogP) is 3.35. The lowest BCUT2D eigenvalue weighted by Crippen LogP contribution is -2.14. The maximum absolute atomic E-state index is 12.9. The van der Waals surface area contributed by atoms with Gasteiger partial charge in [-0.25, -0.2) is 23.4 Å². The van der Waals surface area contributed by atoms with Gasteiger partial charge in [0.2, 0.25) is 11.8 Å². The van der Waals surface area contributed by atoms with Crippen molar-refractivity contribution in [1.82, 2.24) is 15.0 Å². The van der Waals surface area contributed by atoms with Gasteiger partial charge >= 0.3 is 0 Å². The zero-order chi connectivity index (χ0) is 21.3. The van der Waals surface area contributed by atoms with Crippen molar-refractivity contribution in [1.29, 1.82) is 0 Å². The van der Waals surface area contributed by atoms with Gasteiger partial charge in [0.25, 0.3) is 10.0 Å². The number of thiazole rings is 2. The molecule has 3 aromatic heterocycles. The molecule has 1 amide bonds. The summed E-state index contributed by atoms with van der Waals surface area (Å²) in [5.41, 5.74) is 1.96. The fourth-order valence-electron chi connectivity index (χ4n) is 2.63. The molecule has 0 saturated carbocycles. The number of hydrogen-bond acceptors (Lipinski definition) is 9. The van der Waals surface area contributed by atoms with Gasteiger partial charge in [-0.05, 0) is 26.8 Å². The van der Waals surface area contributed by atoms with Crippen LogP contribution in [0.1, 0.15) is 23.3 Å². The number of sulfonamides is 1. The number of aromatic nitrogens is 3. The Balaban J connectivity index is 2.01.